The topological polar surface area (TPSA) is 51.7 Å². The summed E-state index contributed by atoms with van der Waals surface area (Å²) in [5.74, 6) is 0.133. The van der Waals surface area contributed by atoms with Crippen LogP contribution < -0.4 is 0 Å². The number of hydrogen-bond donors (Lipinski definition) is 0. The third-order valence-corrected chi connectivity index (χ3v) is 4.21. The average molecular weight is 290 g/mol. The van der Waals surface area contributed by atoms with Gasteiger partial charge in [-0.25, -0.2) is 0 Å². The van der Waals surface area contributed by atoms with E-state index in [4.69, 9.17) is 9.47 Å². The molecule has 1 aromatic heterocycles. The summed E-state index contributed by atoms with van der Waals surface area (Å²) < 4.78 is 11.0. The van der Waals surface area contributed by atoms with Gasteiger partial charge in [0.15, 0.2) is 0 Å². The fourth-order valence-corrected chi connectivity index (χ4v) is 3.07. The second kappa shape index (κ2) is 6.54. The van der Waals surface area contributed by atoms with Crippen molar-refractivity contribution in [2.24, 2.45) is 0 Å². The monoisotopic (exact) mass is 290 g/mol. The maximum atomic E-state index is 12.4. The Bertz CT molecular complexity index is 512. The Labute approximate surface area is 125 Å². The number of pyridine rings is 1. The van der Waals surface area contributed by atoms with E-state index in [-0.39, 0.29) is 12.0 Å². The van der Waals surface area contributed by atoms with Gasteiger partial charge in [-0.2, -0.15) is 0 Å². The SMILES string of the molecule is CCOCc1cncc2c1CCN(C(=O)[C@H]1CCCO1)C2. The van der Waals surface area contributed by atoms with Crippen LogP contribution in [0.2, 0.25) is 0 Å². The van der Waals surface area contributed by atoms with Crippen molar-refractivity contribution in [2.45, 2.75) is 45.4 Å². The van der Waals surface area contributed by atoms with Gasteiger partial charge in [0.1, 0.15) is 6.10 Å². The van der Waals surface area contributed by atoms with Crippen LogP contribution in [0.1, 0.15) is 36.5 Å². The third kappa shape index (κ3) is 3.09. The molecule has 1 amide bonds. The van der Waals surface area contributed by atoms with Gasteiger partial charge in [-0.3, -0.25) is 9.78 Å². The maximum Gasteiger partial charge on any atom is 0.252 e. The molecule has 0 radical (unpaired) electrons. The second-order valence-corrected chi connectivity index (χ2v) is 5.58. The Balaban J connectivity index is 1.72. The molecule has 1 atom stereocenters. The molecular weight excluding hydrogens is 268 g/mol. The number of hydrogen-bond acceptors (Lipinski definition) is 4. The summed E-state index contributed by atoms with van der Waals surface area (Å²) in [4.78, 5) is 18.6. The van der Waals surface area contributed by atoms with Crippen LogP contribution >= 0.6 is 0 Å². The van der Waals surface area contributed by atoms with Gasteiger partial charge in [0.25, 0.3) is 5.91 Å². The van der Waals surface area contributed by atoms with E-state index in [1.807, 2.05) is 24.2 Å². The van der Waals surface area contributed by atoms with Gasteiger partial charge in [-0.15, -0.1) is 0 Å². The van der Waals surface area contributed by atoms with E-state index in [9.17, 15) is 4.79 Å². The maximum absolute atomic E-state index is 12.4. The molecule has 21 heavy (non-hydrogen) atoms. The number of carbonyl (C=O) groups excluding carboxylic acids is 1. The standard InChI is InChI=1S/C16H22N2O3/c1-2-20-11-13-9-17-8-12-10-18(6-5-14(12)13)16(19)15-4-3-7-21-15/h8-9,15H,2-7,10-11H2,1H3/t15-/m1/s1. The predicted octanol–water partition coefficient (Wildman–Crippen LogP) is 1.68. The van der Waals surface area contributed by atoms with Crippen molar-refractivity contribution < 1.29 is 14.3 Å². The van der Waals surface area contributed by atoms with Gasteiger partial charge in [-0.1, -0.05) is 0 Å². The van der Waals surface area contributed by atoms with E-state index in [1.54, 1.807) is 0 Å². The summed E-state index contributed by atoms with van der Waals surface area (Å²) >= 11 is 0. The zero-order valence-electron chi connectivity index (χ0n) is 12.5. The van der Waals surface area contributed by atoms with Crippen molar-refractivity contribution in [3.05, 3.63) is 29.1 Å². The Morgan fingerprint density at radius 2 is 2.43 bits per heavy atom. The highest BCUT2D eigenvalue weighted by molar-refractivity contribution is 5.81. The van der Waals surface area contributed by atoms with Gasteiger partial charge >= 0.3 is 0 Å². The lowest BCUT2D eigenvalue weighted by Gasteiger charge is -2.31. The van der Waals surface area contributed by atoms with E-state index < -0.39 is 0 Å². The molecule has 3 rings (SSSR count). The third-order valence-electron chi connectivity index (χ3n) is 4.21. The van der Waals surface area contributed by atoms with Crippen LogP contribution in [-0.4, -0.2) is 41.7 Å². The first-order chi connectivity index (χ1) is 10.3. The molecule has 3 heterocycles. The molecule has 0 spiro atoms. The van der Waals surface area contributed by atoms with Gasteiger partial charge in [0.2, 0.25) is 0 Å². The zero-order chi connectivity index (χ0) is 14.7. The van der Waals surface area contributed by atoms with E-state index >= 15 is 0 Å². The minimum absolute atomic E-state index is 0.133. The fraction of sp³-hybridized carbons (Fsp3) is 0.625. The minimum atomic E-state index is -0.230. The molecule has 0 saturated carbocycles. The highest BCUT2D eigenvalue weighted by Crippen LogP contribution is 2.24. The van der Waals surface area contributed by atoms with Crippen molar-refractivity contribution in [3.63, 3.8) is 0 Å². The average Bonchev–Trinajstić information content (AvgIpc) is 3.06. The van der Waals surface area contributed by atoms with Crippen LogP contribution in [0, 0.1) is 0 Å². The van der Waals surface area contributed by atoms with E-state index in [0.29, 0.717) is 26.4 Å². The second-order valence-electron chi connectivity index (χ2n) is 5.58. The van der Waals surface area contributed by atoms with Crippen molar-refractivity contribution in [1.29, 1.82) is 0 Å². The molecular formula is C16H22N2O3. The summed E-state index contributed by atoms with van der Waals surface area (Å²) in [5, 5.41) is 0. The van der Waals surface area contributed by atoms with Crippen molar-refractivity contribution >= 4 is 5.91 Å². The molecule has 0 aliphatic carbocycles. The Morgan fingerprint density at radius 3 is 3.19 bits per heavy atom. The first-order valence-corrected chi connectivity index (χ1v) is 7.72. The molecule has 114 valence electrons. The summed E-state index contributed by atoms with van der Waals surface area (Å²) in [6, 6.07) is 0. The van der Waals surface area contributed by atoms with Crippen LogP contribution in [0.15, 0.2) is 12.4 Å². The minimum Gasteiger partial charge on any atom is -0.377 e. The highest BCUT2D eigenvalue weighted by atomic mass is 16.5. The molecule has 0 unspecified atom stereocenters. The van der Waals surface area contributed by atoms with Gasteiger partial charge in [0, 0.05) is 38.7 Å². The molecule has 1 aromatic rings. The quantitative estimate of drug-likeness (QED) is 0.846. The smallest absolute Gasteiger partial charge is 0.252 e. The number of amides is 1. The fourth-order valence-electron chi connectivity index (χ4n) is 3.07. The Hall–Kier alpha value is -1.46. The van der Waals surface area contributed by atoms with E-state index in [2.05, 4.69) is 4.98 Å². The van der Waals surface area contributed by atoms with Crippen molar-refractivity contribution in [2.75, 3.05) is 19.8 Å². The van der Waals surface area contributed by atoms with Crippen LogP contribution in [0.3, 0.4) is 0 Å². The summed E-state index contributed by atoms with van der Waals surface area (Å²) in [6.45, 7) is 5.40. The summed E-state index contributed by atoms with van der Waals surface area (Å²) in [7, 11) is 0. The molecule has 0 bridgehead atoms. The van der Waals surface area contributed by atoms with Gasteiger partial charge in [-0.05, 0) is 42.9 Å². The largest absolute Gasteiger partial charge is 0.377 e. The molecule has 2 aliphatic heterocycles. The molecule has 5 nitrogen and oxygen atoms in total. The lowest BCUT2D eigenvalue weighted by Crippen LogP contribution is -2.42. The van der Waals surface area contributed by atoms with Gasteiger partial charge < -0.3 is 14.4 Å². The Morgan fingerprint density at radius 1 is 1.52 bits per heavy atom. The highest BCUT2D eigenvalue weighted by Gasteiger charge is 2.30. The summed E-state index contributed by atoms with van der Waals surface area (Å²) in [5.41, 5.74) is 3.60. The lowest BCUT2D eigenvalue weighted by atomic mass is 9.97. The normalized spacial score (nSPS) is 21.4. The molecule has 0 aromatic carbocycles. The Kier molecular flexibility index (Phi) is 4.51. The summed E-state index contributed by atoms with van der Waals surface area (Å²) in [6.07, 6.45) is 6.24. The van der Waals surface area contributed by atoms with Crippen molar-refractivity contribution in [3.8, 4) is 0 Å². The number of nitrogens with zero attached hydrogens (tertiary/aromatic N) is 2. The van der Waals surface area contributed by atoms with Crippen LogP contribution in [-0.2, 0) is 33.8 Å². The molecule has 0 N–H and O–H groups in total. The molecule has 5 heteroatoms. The molecule has 1 saturated heterocycles. The molecule has 2 aliphatic rings. The number of aromatic nitrogens is 1. The van der Waals surface area contributed by atoms with Crippen LogP contribution in [0.25, 0.3) is 0 Å². The van der Waals surface area contributed by atoms with Crippen LogP contribution in [0.5, 0.6) is 0 Å². The first kappa shape index (κ1) is 14.5. The molecule has 1 fully saturated rings. The predicted molar refractivity (Wildman–Crippen MR) is 77.7 cm³/mol. The van der Waals surface area contributed by atoms with E-state index in [0.717, 1.165) is 36.9 Å². The van der Waals surface area contributed by atoms with Crippen LogP contribution in [0.4, 0.5) is 0 Å². The first-order valence-electron chi connectivity index (χ1n) is 7.72. The van der Waals surface area contributed by atoms with Gasteiger partial charge in [0.05, 0.1) is 6.61 Å². The number of rotatable bonds is 4. The van der Waals surface area contributed by atoms with Crippen molar-refractivity contribution in [1.82, 2.24) is 9.88 Å². The van der Waals surface area contributed by atoms with E-state index in [1.165, 1.54) is 5.56 Å². The number of ether oxygens (including phenoxy) is 2. The number of carbonyl (C=O) groups is 1. The zero-order valence-corrected chi connectivity index (χ0v) is 12.5. The lowest BCUT2D eigenvalue weighted by molar-refractivity contribution is -0.141. The number of fused-ring (bicyclic) bond motifs is 1.